The van der Waals surface area contributed by atoms with Crippen molar-refractivity contribution in [1.29, 1.82) is 0 Å². The number of carbonyl (C=O) groups excluding carboxylic acids is 1. The predicted molar refractivity (Wildman–Crippen MR) is 106 cm³/mol. The number of ether oxygens (including phenoxy) is 1. The van der Waals surface area contributed by atoms with Crippen LogP contribution >= 0.6 is 0 Å². The number of nitrogens with zero attached hydrogens (tertiary/aromatic N) is 4. The smallest absolute Gasteiger partial charge is 0.342 e. The van der Waals surface area contributed by atoms with E-state index in [1.165, 1.54) is 0 Å². The summed E-state index contributed by atoms with van der Waals surface area (Å²) < 4.78 is 12.4. The minimum atomic E-state index is -0.490. The Morgan fingerprint density at radius 3 is 2.48 bits per heavy atom. The molecule has 2 aromatic heterocycles. The molecule has 0 amide bonds. The first-order chi connectivity index (χ1) is 14.1. The average Bonchev–Trinajstić information content (AvgIpc) is 3.34. The van der Waals surface area contributed by atoms with Gasteiger partial charge in [-0.15, -0.1) is 10.2 Å². The standard InChI is InChI=1S/C22H20N4O3/c1-15-8-10-18(11-9-15)21-19(22(27)28-14-20-24-23-16(2)29-20)13-26(25-21)12-17-6-4-3-5-7-17/h3-11,13H,12,14H2,1-2H3. The van der Waals surface area contributed by atoms with E-state index in [-0.39, 0.29) is 12.5 Å². The number of esters is 1. The first-order valence-electron chi connectivity index (χ1n) is 9.23. The molecule has 0 radical (unpaired) electrons. The fraction of sp³-hybridized carbons (Fsp3) is 0.182. The summed E-state index contributed by atoms with van der Waals surface area (Å²) in [4.78, 5) is 12.8. The Bertz CT molecular complexity index is 1110. The molecule has 7 heteroatoms. The molecular formula is C22H20N4O3. The normalized spacial score (nSPS) is 10.8. The lowest BCUT2D eigenvalue weighted by atomic mass is 10.1. The molecule has 2 aromatic carbocycles. The van der Waals surface area contributed by atoms with Gasteiger partial charge in [0.25, 0.3) is 5.89 Å². The topological polar surface area (TPSA) is 83.0 Å². The summed E-state index contributed by atoms with van der Waals surface area (Å²) in [6, 6.07) is 17.8. The molecule has 0 atom stereocenters. The van der Waals surface area contributed by atoms with Crippen molar-refractivity contribution in [3.8, 4) is 11.3 Å². The van der Waals surface area contributed by atoms with Crippen LogP contribution in [0.3, 0.4) is 0 Å². The Kier molecular flexibility index (Phi) is 5.20. The van der Waals surface area contributed by atoms with Crippen molar-refractivity contribution >= 4 is 5.97 Å². The Balaban J connectivity index is 1.62. The van der Waals surface area contributed by atoms with Gasteiger partial charge < -0.3 is 9.15 Å². The van der Waals surface area contributed by atoms with Crippen LogP contribution in [0.2, 0.25) is 0 Å². The summed E-state index contributed by atoms with van der Waals surface area (Å²) >= 11 is 0. The molecule has 2 heterocycles. The van der Waals surface area contributed by atoms with E-state index in [4.69, 9.17) is 9.15 Å². The van der Waals surface area contributed by atoms with Crippen LogP contribution < -0.4 is 0 Å². The molecule has 4 aromatic rings. The van der Waals surface area contributed by atoms with Crippen molar-refractivity contribution in [1.82, 2.24) is 20.0 Å². The number of rotatable bonds is 6. The van der Waals surface area contributed by atoms with E-state index in [2.05, 4.69) is 15.3 Å². The van der Waals surface area contributed by atoms with Crippen molar-refractivity contribution in [2.24, 2.45) is 0 Å². The largest absolute Gasteiger partial charge is 0.452 e. The second-order valence-electron chi connectivity index (χ2n) is 6.73. The third-order valence-electron chi connectivity index (χ3n) is 4.39. The Morgan fingerprint density at radius 2 is 1.79 bits per heavy atom. The van der Waals surface area contributed by atoms with Crippen molar-refractivity contribution < 1.29 is 13.9 Å². The molecule has 0 unspecified atom stereocenters. The molecule has 29 heavy (non-hydrogen) atoms. The monoisotopic (exact) mass is 388 g/mol. The van der Waals surface area contributed by atoms with Crippen LogP contribution in [0.4, 0.5) is 0 Å². The average molecular weight is 388 g/mol. The van der Waals surface area contributed by atoms with E-state index >= 15 is 0 Å². The Hall–Kier alpha value is -3.74. The predicted octanol–water partition coefficient (Wildman–Crippen LogP) is 3.96. The molecule has 4 rings (SSSR count). The lowest BCUT2D eigenvalue weighted by Crippen LogP contribution is -2.06. The summed E-state index contributed by atoms with van der Waals surface area (Å²) in [6.07, 6.45) is 1.71. The highest BCUT2D eigenvalue weighted by molar-refractivity contribution is 5.96. The zero-order valence-corrected chi connectivity index (χ0v) is 16.2. The van der Waals surface area contributed by atoms with E-state index in [1.807, 2.05) is 61.5 Å². The Labute approximate surface area is 168 Å². The molecular weight excluding hydrogens is 368 g/mol. The maximum absolute atomic E-state index is 12.8. The van der Waals surface area contributed by atoms with Crippen LogP contribution in [-0.4, -0.2) is 25.9 Å². The van der Waals surface area contributed by atoms with Gasteiger partial charge in [0.2, 0.25) is 5.89 Å². The first-order valence-corrected chi connectivity index (χ1v) is 9.23. The molecule has 7 nitrogen and oxygen atoms in total. The van der Waals surface area contributed by atoms with Crippen LogP contribution in [0, 0.1) is 13.8 Å². The van der Waals surface area contributed by atoms with E-state index in [0.717, 1.165) is 16.7 Å². The van der Waals surface area contributed by atoms with Gasteiger partial charge >= 0.3 is 5.97 Å². The molecule has 0 spiro atoms. The van der Waals surface area contributed by atoms with Gasteiger partial charge in [0.15, 0.2) is 6.61 Å². The summed E-state index contributed by atoms with van der Waals surface area (Å²) in [5.74, 6) is 0.187. The Morgan fingerprint density at radius 1 is 1.03 bits per heavy atom. The van der Waals surface area contributed by atoms with Crippen LogP contribution in [0.25, 0.3) is 11.3 Å². The third-order valence-corrected chi connectivity index (χ3v) is 4.39. The fourth-order valence-corrected chi connectivity index (χ4v) is 2.95. The summed E-state index contributed by atoms with van der Waals surface area (Å²) in [5.41, 5.74) is 4.04. The molecule has 146 valence electrons. The fourth-order valence-electron chi connectivity index (χ4n) is 2.95. The van der Waals surface area contributed by atoms with Crippen molar-refractivity contribution in [2.75, 3.05) is 0 Å². The first kappa shape index (κ1) is 18.6. The quantitative estimate of drug-likeness (QED) is 0.465. The van der Waals surface area contributed by atoms with E-state index in [9.17, 15) is 4.79 Å². The number of aryl methyl sites for hydroxylation is 2. The molecule has 0 aliphatic carbocycles. The summed E-state index contributed by atoms with van der Waals surface area (Å²) in [5, 5.41) is 12.2. The minimum Gasteiger partial charge on any atom is -0.452 e. The van der Waals surface area contributed by atoms with E-state index in [0.29, 0.717) is 23.7 Å². The maximum Gasteiger partial charge on any atom is 0.342 e. The van der Waals surface area contributed by atoms with Gasteiger partial charge in [-0.2, -0.15) is 5.10 Å². The summed E-state index contributed by atoms with van der Waals surface area (Å²) in [6.45, 7) is 4.16. The van der Waals surface area contributed by atoms with Gasteiger partial charge in [0, 0.05) is 18.7 Å². The highest BCUT2D eigenvalue weighted by atomic mass is 16.5. The molecule has 0 saturated carbocycles. The second kappa shape index (κ2) is 8.10. The molecule has 0 aliphatic rings. The number of hydrogen-bond donors (Lipinski definition) is 0. The number of carbonyl (C=O) groups is 1. The van der Waals surface area contributed by atoms with Crippen LogP contribution in [0.15, 0.2) is 65.2 Å². The lowest BCUT2D eigenvalue weighted by Gasteiger charge is -2.03. The lowest BCUT2D eigenvalue weighted by molar-refractivity contribution is 0.0437. The van der Waals surface area contributed by atoms with Crippen molar-refractivity contribution in [3.05, 3.63) is 89.3 Å². The van der Waals surface area contributed by atoms with Crippen molar-refractivity contribution in [2.45, 2.75) is 27.0 Å². The number of hydrogen-bond acceptors (Lipinski definition) is 6. The van der Waals surface area contributed by atoms with Crippen LogP contribution in [0.5, 0.6) is 0 Å². The highest BCUT2D eigenvalue weighted by Gasteiger charge is 2.20. The molecule has 0 fully saturated rings. The van der Waals surface area contributed by atoms with Gasteiger partial charge in [-0.1, -0.05) is 60.2 Å². The molecule has 0 aliphatic heterocycles. The van der Waals surface area contributed by atoms with E-state index < -0.39 is 5.97 Å². The van der Waals surface area contributed by atoms with E-state index in [1.54, 1.807) is 17.8 Å². The number of aromatic nitrogens is 4. The zero-order valence-electron chi connectivity index (χ0n) is 16.2. The van der Waals surface area contributed by atoms with Gasteiger partial charge in [-0.05, 0) is 12.5 Å². The summed E-state index contributed by atoms with van der Waals surface area (Å²) in [7, 11) is 0. The van der Waals surface area contributed by atoms with Crippen LogP contribution in [-0.2, 0) is 17.9 Å². The molecule has 0 saturated heterocycles. The molecule has 0 bridgehead atoms. The maximum atomic E-state index is 12.8. The number of benzene rings is 2. The molecule has 0 N–H and O–H groups in total. The van der Waals surface area contributed by atoms with Crippen molar-refractivity contribution in [3.63, 3.8) is 0 Å². The zero-order chi connectivity index (χ0) is 20.2. The minimum absolute atomic E-state index is 0.0864. The van der Waals surface area contributed by atoms with Gasteiger partial charge in [-0.3, -0.25) is 4.68 Å². The highest BCUT2D eigenvalue weighted by Crippen LogP contribution is 2.24. The van der Waals surface area contributed by atoms with Gasteiger partial charge in [-0.25, -0.2) is 4.79 Å². The van der Waals surface area contributed by atoms with Crippen LogP contribution in [0.1, 0.15) is 33.3 Å². The third kappa shape index (κ3) is 4.40. The van der Waals surface area contributed by atoms with Gasteiger partial charge in [0.1, 0.15) is 11.3 Å². The SMILES string of the molecule is Cc1ccc(-c2nn(Cc3ccccc3)cc2C(=O)OCc2nnc(C)o2)cc1. The second-order valence-corrected chi connectivity index (χ2v) is 6.73. The van der Waals surface area contributed by atoms with Gasteiger partial charge in [0.05, 0.1) is 6.54 Å².